The highest BCUT2D eigenvalue weighted by atomic mass is 35.5. The van der Waals surface area contributed by atoms with Crippen molar-refractivity contribution in [3.63, 3.8) is 0 Å². The third-order valence-corrected chi connectivity index (χ3v) is 3.87. The lowest BCUT2D eigenvalue weighted by atomic mass is 10.1. The lowest BCUT2D eigenvalue weighted by molar-refractivity contribution is -0.122. The summed E-state index contributed by atoms with van der Waals surface area (Å²) in [6.07, 6.45) is 0.212. The molecular weight excluding hydrogens is 324 g/mol. The molecule has 0 saturated carbocycles. The average molecular weight is 345 g/mol. The van der Waals surface area contributed by atoms with Crippen LogP contribution in [-0.4, -0.2) is 17.9 Å². The van der Waals surface area contributed by atoms with Crippen molar-refractivity contribution in [3.05, 3.63) is 70.7 Å². The summed E-state index contributed by atoms with van der Waals surface area (Å²) in [5.74, 6) is -0.304. The first-order valence-electron chi connectivity index (χ1n) is 7.86. The minimum Gasteiger partial charge on any atom is -0.350 e. The van der Waals surface area contributed by atoms with Gasteiger partial charge in [-0.3, -0.25) is 9.59 Å². The molecule has 126 valence electrons. The number of hydrogen-bond donors (Lipinski definition) is 2. The van der Waals surface area contributed by atoms with Gasteiger partial charge in [0.25, 0.3) is 5.91 Å². The van der Waals surface area contributed by atoms with E-state index in [1.165, 1.54) is 0 Å². The molecule has 0 fully saturated rings. The summed E-state index contributed by atoms with van der Waals surface area (Å²) in [6, 6.07) is 15.9. The van der Waals surface area contributed by atoms with Gasteiger partial charge in [0, 0.05) is 23.0 Å². The molecular formula is C19H21ClN2O2. The standard InChI is InChI=1S/C19H21ClN2O2/c1-13(21-19(24)15-7-4-3-5-8-15)11-18(23)22-14(2)16-9-6-10-17(20)12-16/h3-10,12-14H,11H2,1-2H3,(H,21,24)(H,22,23). The molecule has 0 aromatic heterocycles. The minimum atomic E-state index is -0.260. The van der Waals surface area contributed by atoms with E-state index in [0.29, 0.717) is 10.6 Å². The Labute approximate surface area is 147 Å². The molecule has 0 aliphatic carbocycles. The van der Waals surface area contributed by atoms with Gasteiger partial charge in [0.1, 0.15) is 0 Å². The van der Waals surface area contributed by atoms with E-state index < -0.39 is 0 Å². The molecule has 2 aromatic carbocycles. The second kappa shape index (κ2) is 8.50. The fourth-order valence-corrected chi connectivity index (χ4v) is 2.58. The summed E-state index contributed by atoms with van der Waals surface area (Å²) in [4.78, 5) is 24.2. The highest BCUT2D eigenvalue weighted by Crippen LogP contribution is 2.17. The third-order valence-electron chi connectivity index (χ3n) is 3.63. The van der Waals surface area contributed by atoms with Crippen molar-refractivity contribution in [3.8, 4) is 0 Å². The van der Waals surface area contributed by atoms with Crippen molar-refractivity contribution in [2.24, 2.45) is 0 Å². The Bertz CT molecular complexity index is 704. The van der Waals surface area contributed by atoms with Crippen LogP contribution < -0.4 is 10.6 Å². The molecule has 0 aliphatic rings. The van der Waals surface area contributed by atoms with Gasteiger partial charge in [-0.2, -0.15) is 0 Å². The van der Waals surface area contributed by atoms with Crippen LogP contribution in [0.1, 0.15) is 42.2 Å². The fraction of sp³-hybridized carbons (Fsp3) is 0.263. The zero-order valence-electron chi connectivity index (χ0n) is 13.8. The van der Waals surface area contributed by atoms with Crippen molar-refractivity contribution in [2.45, 2.75) is 32.4 Å². The van der Waals surface area contributed by atoms with Gasteiger partial charge in [-0.15, -0.1) is 0 Å². The summed E-state index contributed by atoms with van der Waals surface area (Å²) >= 11 is 5.97. The molecule has 4 nitrogen and oxygen atoms in total. The molecule has 0 spiro atoms. The number of rotatable bonds is 6. The van der Waals surface area contributed by atoms with Gasteiger partial charge in [0.2, 0.25) is 5.91 Å². The van der Waals surface area contributed by atoms with Gasteiger partial charge in [0.15, 0.2) is 0 Å². The zero-order valence-corrected chi connectivity index (χ0v) is 14.5. The first-order valence-corrected chi connectivity index (χ1v) is 8.24. The van der Waals surface area contributed by atoms with Gasteiger partial charge in [-0.1, -0.05) is 41.9 Å². The Hall–Kier alpha value is -2.33. The summed E-state index contributed by atoms with van der Waals surface area (Å²) < 4.78 is 0. The maximum atomic E-state index is 12.1. The number of nitrogens with one attached hydrogen (secondary N) is 2. The van der Waals surface area contributed by atoms with Crippen LogP contribution in [0.5, 0.6) is 0 Å². The Morgan fingerprint density at radius 3 is 2.38 bits per heavy atom. The van der Waals surface area contributed by atoms with Crippen LogP contribution >= 0.6 is 11.6 Å². The molecule has 2 aromatic rings. The lowest BCUT2D eigenvalue weighted by Gasteiger charge is -2.18. The summed E-state index contributed by atoms with van der Waals surface area (Å²) in [5, 5.41) is 6.38. The van der Waals surface area contributed by atoms with Gasteiger partial charge in [-0.05, 0) is 43.7 Å². The van der Waals surface area contributed by atoms with Crippen molar-refractivity contribution < 1.29 is 9.59 Å². The maximum Gasteiger partial charge on any atom is 0.251 e. The van der Waals surface area contributed by atoms with Crippen LogP contribution in [0.4, 0.5) is 0 Å². The number of halogens is 1. The summed E-state index contributed by atoms with van der Waals surface area (Å²) in [6.45, 7) is 3.71. The molecule has 2 amide bonds. The van der Waals surface area contributed by atoms with Crippen LogP contribution in [0.15, 0.2) is 54.6 Å². The lowest BCUT2D eigenvalue weighted by Crippen LogP contribution is -2.37. The second-order valence-corrected chi connectivity index (χ2v) is 6.23. The predicted molar refractivity (Wildman–Crippen MR) is 96.0 cm³/mol. The van der Waals surface area contributed by atoms with Crippen molar-refractivity contribution >= 4 is 23.4 Å². The van der Waals surface area contributed by atoms with E-state index in [4.69, 9.17) is 11.6 Å². The van der Waals surface area contributed by atoms with E-state index in [0.717, 1.165) is 5.56 Å². The molecule has 0 saturated heterocycles. The van der Waals surface area contributed by atoms with Crippen LogP contribution in [0, 0.1) is 0 Å². The Kier molecular flexibility index (Phi) is 6.38. The van der Waals surface area contributed by atoms with E-state index in [1.54, 1.807) is 30.3 Å². The Morgan fingerprint density at radius 2 is 1.71 bits per heavy atom. The largest absolute Gasteiger partial charge is 0.350 e. The van der Waals surface area contributed by atoms with Gasteiger partial charge in [0.05, 0.1) is 6.04 Å². The SMILES string of the molecule is CC(CC(=O)NC(C)c1cccc(Cl)c1)NC(=O)c1ccccc1. The number of carbonyl (C=O) groups excluding carboxylic acids is 2. The van der Waals surface area contributed by atoms with E-state index >= 15 is 0 Å². The Balaban J connectivity index is 1.84. The van der Waals surface area contributed by atoms with E-state index in [-0.39, 0.29) is 30.3 Å². The van der Waals surface area contributed by atoms with Crippen LogP contribution in [0.2, 0.25) is 5.02 Å². The topological polar surface area (TPSA) is 58.2 Å². The zero-order chi connectivity index (χ0) is 17.5. The van der Waals surface area contributed by atoms with Crippen LogP contribution in [-0.2, 0) is 4.79 Å². The van der Waals surface area contributed by atoms with Crippen molar-refractivity contribution in [1.82, 2.24) is 10.6 Å². The van der Waals surface area contributed by atoms with Gasteiger partial charge >= 0.3 is 0 Å². The molecule has 0 aliphatic heterocycles. The highest BCUT2D eigenvalue weighted by molar-refractivity contribution is 6.30. The maximum absolute atomic E-state index is 12.1. The molecule has 2 atom stereocenters. The van der Waals surface area contributed by atoms with E-state index in [9.17, 15) is 9.59 Å². The number of hydrogen-bond acceptors (Lipinski definition) is 2. The third kappa shape index (κ3) is 5.39. The normalized spacial score (nSPS) is 13.0. The average Bonchev–Trinajstić information content (AvgIpc) is 2.55. The first-order chi connectivity index (χ1) is 11.5. The van der Waals surface area contributed by atoms with Gasteiger partial charge < -0.3 is 10.6 Å². The monoisotopic (exact) mass is 344 g/mol. The van der Waals surface area contributed by atoms with E-state index in [1.807, 2.05) is 38.1 Å². The predicted octanol–water partition coefficient (Wildman–Crippen LogP) is 3.73. The fourth-order valence-electron chi connectivity index (χ4n) is 2.39. The van der Waals surface area contributed by atoms with Crippen molar-refractivity contribution in [1.29, 1.82) is 0 Å². The van der Waals surface area contributed by atoms with Gasteiger partial charge in [-0.25, -0.2) is 0 Å². The van der Waals surface area contributed by atoms with Crippen LogP contribution in [0.25, 0.3) is 0 Å². The molecule has 0 heterocycles. The smallest absolute Gasteiger partial charge is 0.251 e. The van der Waals surface area contributed by atoms with E-state index in [2.05, 4.69) is 10.6 Å². The number of carbonyl (C=O) groups is 2. The summed E-state index contributed by atoms with van der Waals surface area (Å²) in [5.41, 5.74) is 1.52. The molecule has 24 heavy (non-hydrogen) atoms. The summed E-state index contributed by atoms with van der Waals surface area (Å²) in [7, 11) is 0. The number of benzene rings is 2. The Morgan fingerprint density at radius 1 is 1.00 bits per heavy atom. The minimum absolute atomic E-state index is 0.122. The molecule has 0 radical (unpaired) electrons. The van der Waals surface area contributed by atoms with Crippen LogP contribution in [0.3, 0.4) is 0 Å². The highest BCUT2D eigenvalue weighted by Gasteiger charge is 2.15. The first kappa shape index (κ1) is 18.0. The quantitative estimate of drug-likeness (QED) is 0.839. The molecule has 2 unspecified atom stereocenters. The molecule has 5 heteroatoms. The number of amides is 2. The molecule has 2 N–H and O–H groups in total. The van der Waals surface area contributed by atoms with Crippen molar-refractivity contribution in [2.75, 3.05) is 0 Å². The molecule has 2 rings (SSSR count). The molecule has 0 bridgehead atoms. The second-order valence-electron chi connectivity index (χ2n) is 5.79.